The highest BCUT2D eigenvalue weighted by molar-refractivity contribution is 5.97. The van der Waals surface area contributed by atoms with Gasteiger partial charge in [0.05, 0.1) is 12.0 Å². The van der Waals surface area contributed by atoms with Crippen LogP contribution >= 0.6 is 0 Å². The van der Waals surface area contributed by atoms with Gasteiger partial charge in [-0.25, -0.2) is 0 Å². The largest absolute Gasteiger partial charge is 0.349 e. The molecular weight excluding hydrogens is 326 g/mol. The average molecular weight is 353 g/mol. The number of likely N-dealkylation sites (tertiary alicyclic amines) is 1. The Morgan fingerprint density at radius 2 is 1.88 bits per heavy atom. The molecule has 2 unspecified atom stereocenters. The second-order valence-corrected chi connectivity index (χ2v) is 7.29. The first-order valence-electron chi connectivity index (χ1n) is 9.20. The van der Waals surface area contributed by atoms with Gasteiger partial charge in [0.2, 0.25) is 11.8 Å². The van der Waals surface area contributed by atoms with Crippen LogP contribution < -0.4 is 5.32 Å². The average Bonchev–Trinajstić information content (AvgIpc) is 2.66. The molecule has 1 heterocycles. The number of carbonyl (C=O) groups is 2. The number of hydrogen-bond donors (Lipinski definition) is 1. The quantitative estimate of drug-likeness (QED) is 0.919. The van der Waals surface area contributed by atoms with Crippen LogP contribution in [0.4, 0.5) is 5.69 Å². The fourth-order valence-electron chi connectivity index (χ4n) is 3.60. The number of nitrogens with zero attached hydrogens (tertiary/aromatic N) is 2. The second kappa shape index (κ2) is 7.87. The van der Waals surface area contributed by atoms with Crippen molar-refractivity contribution in [1.82, 2.24) is 9.80 Å². The van der Waals surface area contributed by atoms with Crippen LogP contribution in [0.1, 0.15) is 19.8 Å². The molecule has 2 aromatic rings. The van der Waals surface area contributed by atoms with Crippen LogP contribution in [0.15, 0.2) is 42.5 Å². The van der Waals surface area contributed by atoms with E-state index in [0.717, 1.165) is 35.8 Å². The Labute approximate surface area is 155 Å². The standard InChI is InChI=1S/C21H27N3O2/c1-15(24-12-6-9-18(14-24)21(26)23(2)3)20(25)22-19-11-10-16-7-4-5-8-17(16)13-19/h4-5,7-8,10-11,13,15,18H,6,9,12,14H2,1-3H3,(H,22,25). The Kier molecular flexibility index (Phi) is 5.57. The summed E-state index contributed by atoms with van der Waals surface area (Å²) in [6.45, 7) is 3.41. The van der Waals surface area contributed by atoms with E-state index in [0.29, 0.717) is 6.54 Å². The lowest BCUT2D eigenvalue weighted by atomic mass is 9.95. The summed E-state index contributed by atoms with van der Waals surface area (Å²) in [6.07, 6.45) is 1.84. The summed E-state index contributed by atoms with van der Waals surface area (Å²) in [4.78, 5) is 28.7. The van der Waals surface area contributed by atoms with Crippen LogP contribution in [0.25, 0.3) is 10.8 Å². The third-order valence-electron chi connectivity index (χ3n) is 5.19. The first-order valence-corrected chi connectivity index (χ1v) is 9.20. The summed E-state index contributed by atoms with van der Waals surface area (Å²) in [5, 5.41) is 5.28. The van der Waals surface area contributed by atoms with Gasteiger partial charge in [-0.15, -0.1) is 0 Å². The normalized spacial score (nSPS) is 19.1. The number of anilines is 1. The molecule has 5 heteroatoms. The highest BCUT2D eigenvalue weighted by Crippen LogP contribution is 2.22. The molecule has 5 nitrogen and oxygen atoms in total. The van der Waals surface area contributed by atoms with Gasteiger partial charge in [-0.2, -0.15) is 0 Å². The van der Waals surface area contributed by atoms with Gasteiger partial charge in [0, 0.05) is 26.3 Å². The molecule has 0 bridgehead atoms. The number of amides is 2. The molecule has 0 aromatic heterocycles. The summed E-state index contributed by atoms with van der Waals surface area (Å²) >= 11 is 0. The van der Waals surface area contributed by atoms with Gasteiger partial charge in [-0.1, -0.05) is 30.3 Å². The Morgan fingerprint density at radius 1 is 1.15 bits per heavy atom. The number of fused-ring (bicyclic) bond motifs is 1. The predicted molar refractivity (Wildman–Crippen MR) is 105 cm³/mol. The van der Waals surface area contributed by atoms with Crippen LogP contribution in [0, 0.1) is 5.92 Å². The van der Waals surface area contributed by atoms with Crippen molar-refractivity contribution < 1.29 is 9.59 Å². The fraction of sp³-hybridized carbons (Fsp3) is 0.429. The zero-order valence-corrected chi connectivity index (χ0v) is 15.7. The molecule has 2 aromatic carbocycles. The van der Waals surface area contributed by atoms with Crippen LogP contribution in [-0.2, 0) is 9.59 Å². The fourth-order valence-corrected chi connectivity index (χ4v) is 3.60. The number of rotatable bonds is 4. The summed E-state index contributed by atoms with van der Waals surface area (Å²) in [5.41, 5.74) is 0.804. The van der Waals surface area contributed by atoms with E-state index in [4.69, 9.17) is 0 Å². The van der Waals surface area contributed by atoms with E-state index in [2.05, 4.69) is 16.3 Å². The van der Waals surface area contributed by atoms with Crippen molar-refractivity contribution in [2.75, 3.05) is 32.5 Å². The number of nitrogens with one attached hydrogen (secondary N) is 1. The molecule has 1 aliphatic rings. The molecule has 1 fully saturated rings. The van der Waals surface area contributed by atoms with E-state index in [-0.39, 0.29) is 23.8 Å². The van der Waals surface area contributed by atoms with E-state index < -0.39 is 0 Å². The van der Waals surface area contributed by atoms with Gasteiger partial charge in [-0.05, 0) is 49.2 Å². The maximum absolute atomic E-state index is 12.7. The summed E-state index contributed by atoms with van der Waals surface area (Å²) in [5.74, 6) is 0.102. The van der Waals surface area contributed by atoms with Gasteiger partial charge >= 0.3 is 0 Å². The number of hydrogen-bond acceptors (Lipinski definition) is 3. The molecule has 2 amide bonds. The maximum atomic E-state index is 12.7. The van der Waals surface area contributed by atoms with Crippen LogP contribution in [0.3, 0.4) is 0 Å². The summed E-state index contributed by atoms with van der Waals surface area (Å²) < 4.78 is 0. The highest BCUT2D eigenvalue weighted by Gasteiger charge is 2.31. The first-order chi connectivity index (χ1) is 12.5. The minimum Gasteiger partial charge on any atom is -0.349 e. The Hall–Kier alpha value is -2.40. The van der Waals surface area contributed by atoms with Gasteiger partial charge < -0.3 is 10.2 Å². The molecule has 3 rings (SSSR count). The second-order valence-electron chi connectivity index (χ2n) is 7.29. The van der Waals surface area contributed by atoms with E-state index >= 15 is 0 Å². The zero-order chi connectivity index (χ0) is 18.7. The van der Waals surface area contributed by atoms with Crippen molar-refractivity contribution in [3.05, 3.63) is 42.5 Å². The van der Waals surface area contributed by atoms with Gasteiger partial charge in [-0.3, -0.25) is 14.5 Å². The number of carbonyl (C=O) groups excluding carboxylic acids is 2. The predicted octanol–water partition coefficient (Wildman–Crippen LogP) is 2.97. The van der Waals surface area contributed by atoms with Gasteiger partial charge in [0.25, 0.3) is 0 Å². The van der Waals surface area contributed by atoms with Gasteiger partial charge in [0.15, 0.2) is 0 Å². The number of piperidine rings is 1. The zero-order valence-electron chi connectivity index (χ0n) is 15.7. The third kappa shape index (κ3) is 4.05. The van der Waals surface area contributed by atoms with Crippen molar-refractivity contribution in [3.63, 3.8) is 0 Å². The topological polar surface area (TPSA) is 52.7 Å². The minimum atomic E-state index is -0.265. The Morgan fingerprint density at radius 3 is 2.62 bits per heavy atom. The molecule has 0 spiro atoms. The molecule has 1 aliphatic heterocycles. The van der Waals surface area contributed by atoms with E-state index in [1.54, 1.807) is 19.0 Å². The highest BCUT2D eigenvalue weighted by atomic mass is 16.2. The smallest absolute Gasteiger partial charge is 0.241 e. The minimum absolute atomic E-state index is 0.0188. The summed E-state index contributed by atoms with van der Waals surface area (Å²) in [7, 11) is 3.58. The Bertz CT molecular complexity index is 803. The summed E-state index contributed by atoms with van der Waals surface area (Å²) in [6, 6.07) is 13.8. The van der Waals surface area contributed by atoms with Crippen LogP contribution in [0.2, 0.25) is 0 Å². The van der Waals surface area contributed by atoms with Gasteiger partial charge in [0.1, 0.15) is 0 Å². The van der Waals surface area contributed by atoms with Crippen molar-refractivity contribution >= 4 is 28.3 Å². The molecule has 1 saturated heterocycles. The molecule has 138 valence electrons. The first kappa shape index (κ1) is 18.4. The SMILES string of the molecule is CC(C(=O)Nc1ccc2ccccc2c1)N1CCCC(C(=O)N(C)C)C1. The van der Waals surface area contributed by atoms with Crippen molar-refractivity contribution in [3.8, 4) is 0 Å². The monoisotopic (exact) mass is 353 g/mol. The molecule has 0 radical (unpaired) electrons. The lowest BCUT2D eigenvalue weighted by Crippen LogP contribution is -2.49. The molecule has 26 heavy (non-hydrogen) atoms. The van der Waals surface area contributed by atoms with Crippen molar-refractivity contribution in [2.24, 2.45) is 5.92 Å². The van der Waals surface area contributed by atoms with Crippen LogP contribution in [0.5, 0.6) is 0 Å². The lowest BCUT2D eigenvalue weighted by Gasteiger charge is -2.36. The van der Waals surface area contributed by atoms with E-state index in [1.165, 1.54) is 0 Å². The third-order valence-corrected chi connectivity index (χ3v) is 5.19. The molecule has 0 aliphatic carbocycles. The van der Waals surface area contributed by atoms with Crippen molar-refractivity contribution in [2.45, 2.75) is 25.8 Å². The molecule has 0 saturated carbocycles. The van der Waals surface area contributed by atoms with Crippen molar-refractivity contribution in [1.29, 1.82) is 0 Å². The lowest BCUT2D eigenvalue weighted by molar-refractivity contribution is -0.136. The van der Waals surface area contributed by atoms with E-state index in [9.17, 15) is 9.59 Å². The molecular formula is C21H27N3O2. The van der Waals surface area contributed by atoms with Crippen LogP contribution in [-0.4, -0.2) is 54.8 Å². The molecule has 2 atom stereocenters. The van der Waals surface area contributed by atoms with E-state index in [1.807, 2.05) is 43.3 Å². The number of benzene rings is 2. The maximum Gasteiger partial charge on any atom is 0.241 e. The Balaban J connectivity index is 1.65. The molecule has 1 N–H and O–H groups in total.